The molecule has 1 aromatic carbocycles. The van der Waals surface area contributed by atoms with Gasteiger partial charge in [-0.1, -0.05) is 44.2 Å². The molecule has 0 unspecified atom stereocenters. The highest BCUT2D eigenvalue weighted by Crippen LogP contribution is 2.40. The van der Waals surface area contributed by atoms with E-state index in [4.69, 9.17) is 0 Å². The quantitative estimate of drug-likeness (QED) is 0.316. The van der Waals surface area contributed by atoms with E-state index in [2.05, 4.69) is 14.7 Å². The molecule has 3 heterocycles. The van der Waals surface area contributed by atoms with E-state index in [1.165, 1.54) is 6.07 Å². The predicted molar refractivity (Wildman–Crippen MR) is 140 cm³/mol. The summed E-state index contributed by atoms with van der Waals surface area (Å²) >= 11 is 1.14. The highest BCUT2D eigenvalue weighted by molar-refractivity contribution is 8.00. The molecule has 196 valence electrons. The molecule has 1 atom stereocenters. The molecule has 10 heteroatoms. The van der Waals surface area contributed by atoms with Gasteiger partial charge in [-0.25, -0.2) is 9.97 Å². The Hall–Kier alpha value is -3.27. The maximum absolute atomic E-state index is 13.9. The fourth-order valence-electron chi connectivity index (χ4n) is 4.52. The molecule has 3 aromatic rings. The molecule has 0 aliphatic carbocycles. The van der Waals surface area contributed by atoms with Crippen molar-refractivity contribution in [2.75, 3.05) is 22.7 Å². The number of piperidine rings is 1. The highest BCUT2D eigenvalue weighted by Gasteiger charge is 2.38. The number of halogens is 3. The smallest absolute Gasteiger partial charge is 0.418 e. The lowest BCUT2D eigenvalue weighted by molar-refractivity contribution is -0.148. The van der Waals surface area contributed by atoms with Gasteiger partial charge in [0.15, 0.2) is 0 Å². The Morgan fingerprint density at radius 2 is 1.86 bits per heavy atom. The fourth-order valence-corrected chi connectivity index (χ4v) is 5.13. The number of nitrogens with zero attached hydrogens (tertiary/aromatic N) is 3. The van der Waals surface area contributed by atoms with Gasteiger partial charge >= 0.3 is 12.1 Å². The van der Waals surface area contributed by atoms with Gasteiger partial charge in [-0.2, -0.15) is 13.2 Å². The summed E-state index contributed by atoms with van der Waals surface area (Å²) in [5, 5.41) is 10.2. The predicted octanol–water partition coefficient (Wildman–Crippen LogP) is 7.10. The first-order chi connectivity index (χ1) is 17.5. The lowest BCUT2D eigenvalue weighted by Gasteiger charge is -2.38. The molecule has 1 aliphatic rings. The number of pyridine rings is 2. The van der Waals surface area contributed by atoms with Crippen LogP contribution in [0.15, 0.2) is 59.6 Å². The number of aromatic nitrogens is 2. The number of nitrogens with one attached hydrogen (secondary N) is 1. The van der Waals surface area contributed by atoms with E-state index in [1.54, 1.807) is 25.1 Å². The standard InChI is InChI=1S/C27H29F3N4O2S/c1-17(2)18-8-4-5-9-19(18)24-20(27(28,29)30)12-13-21(31-24)33-37-23-11-6-10-22(32-23)34-15-7-14-26(3,16-34)25(35)36/h4-6,8-13,17H,7,14-16H2,1-3H3,(H,31,33)(H,35,36)/t26-/m0/s1. The topological polar surface area (TPSA) is 78.4 Å². The largest absolute Gasteiger partial charge is 0.481 e. The van der Waals surface area contributed by atoms with Crippen LogP contribution in [0, 0.1) is 5.41 Å². The van der Waals surface area contributed by atoms with E-state index in [1.807, 2.05) is 43.0 Å². The molecule has 0 spiro atoms. The van der Waals surface area contributed by atoms with Gasteiger partial charge in [0.25, 0.3) is 0 Å². The minimum absolute atomic E-state index is 0.0229. The molecular formula is C27H29F3N4O2S. The molecule has 6 nitrogen and oxygen atoms in total. The van der Waals surface area contributed by atoms with Gasteiger partial charge in [0.2, 0.25) is 0 Å². The molecule has 4 rings (SSSR count). The van der Waals surface area contributed by atoms with Crippen LogP contribution in [0.2, 0.25) is 0 Å². The Bertz CT molecular complexity index is 1280. The second-order valence-corrected chi connectivity index (χ2v) is 10.6. The Balaban J connectivity index is 1.58. The number of carboxylic acids is 1. The van der Waals surface area contributed by atoms with Crippen molar-refractivity contribution in [1.82, 2.24) is 9.97 Å². The summed E-state index contributed by atoms with van der Waals surface area (Å²) < 4.78 is 44.6. The van der Waals surface area contributed by atoms with Gasteiger partial charge in [0.1, 0.15) is 16.7 Å². The first kappa shape index (κ1) is 26.8. The Labute approximate surface area is 218 Å². The third-order valence-electron chi connectivity index (χ3n) is 6.54. The summed E-state index contributed by atoms with van der Waals surface area (Å²) in [6.07, 6.45) is -3.19. The van der Waals surface area contributed by atoms with Crippen LogP contribution in [0.5, 0.6) is 0 Å². The molecule has 1 fully saturated rings. The third kappa shape index (κ3) is 6.01. The van der Waals surface area contributed by atoms with Crippen molar-refractivity contribution in [2.24, 2.45) is 5.41 Å². The number of rotatable bonds is 7. The van der Waals surface area contributed by atoms with E-state index in [-0.39, 0.29) is 17.4 Å². The summed E-state index contributed by atoms with van der Waals surface area (Å²) in [5.74, 6) is 0.128. The zero-order chi connectivity index (χ0) is 26.8. The first-order valence-corrected chi connectivity index (χ1v) is 12.9. The molecular weight excluding hydrogens is 501 g/mol. The summed E-state index contributed by atoms with van der Waals surface area (Å²) in [5.41, 5.74) is -0.512. The van der Waals surface area contributed by atoms with Crippen molar-refractivity contribution in [1.29, 1.82) is 0 Å². The van der Waals surface area contributed by atoms with Gasteiger partial charge in [-0.05, 0) is 55.5 Å². The Morgan fingerprint density at radius 3 is 2.57 bits per heavy atom. The Morgan fingerprint density at radius 1 is 1.11 bits per heavy atom. The number of hydrogen-bond donors (Lipinski definition) is 2. The van der Waals surface area contributed by atoms with E-state index in [9.17, 15) is 23.1 Å². The molecule has 2 aromatic heterocycles. The molecule has 1 saturated heterocycles. The number of carbonyl (C=O) groups is 1. The van der Waals surface area contributed by atoms with E-state index < -0.39 is 23.1 Å². The lowest BCUT2D eigenvalue weighted by Crippen LogP contribution is -2.46. The van der Waals surface area contributed by atoms with Gasteiger partial charge in [0, 0.05) is 30.6 Å². The normalized spacial score (nSPS) is 18.2. The van der Waals surface area contributed by atoms with Crippen LogP contribution in [-0.2, 0) is 11.0 Å². The zero-order valence-electron chi connectivity index (χ0n) is 20.8. The van der Waals surface area contributed by atoms with Crippen LogP contribution < -0.4 is 9.62 Å². The van der Waals surface area contributed by atoms with Gasteiger partial charge in [-0.15, -0.1) is 0 Å². The van der Waals surface area contributed by atoms with Gasteiger partial charge in [-0.3, -0.25) is 4.79 Å². The van der Waals surface area contributed by atoms with Crippen LogP contribution in [0.1, 0.15) is 50.7 Å². The number of aliphatic carboxylic acids is 1. The van der Waals surface area contributed by atoms with E-state index in [0.29, 0.717) is 35.9 Å². The average molecular weight is 531 g/mol. The maximum Gasteiger partial charge on any atom is 0.418 e. The monoisotopic (exact) mass is 530 g/mol. The van der Waals surface area contributed by atoms with Crippen molar-refractivity contribution in [3.05, 3.63) is 65.7 Å². The van der Waals surface area contributed by atoms with E-state index in [0.717, 1.165) is 30.0 Å². The Kier molecular flexibility index (Phi) is 7.68. The SMILES string of the molecule is CC(C)c1ccccc1-c1nc(NSc2cccc(N3CCC[C@](C)(C(=O)O)C3)n2)ccc1C(F)(F)F. The molecule has 0 radical (unpaired) electrons. The zero-order valence-corrected chi connectivity index (χ0v) is 21.7. The maximum atomic E-state index is 13.9. The van der Waals surface area contributed by atoms with Crippen molar-refractivity contribution in [2.45, 2.75) is 50.7 Å². The second-order valence-electron chi connectivity index (χ2n) is 9.76. The summed E-state index contributed by atoms with van der Waals surface area (Å²) in [7, 11) is 0. The van der Waals surface area contributed by atoms with Crippen molar-refractivity contribution >= 4 is 29.6 Å². The summed E-state index contributed by atoms with van der Waals surface area (Å²) in [6, 6.07) is 14.8. The summed E-state index contributed by atoms with van der Waals surface area (Å²) in [6.45, 7) is 6.67. The number of anilines is 2. The molecule has 0 amide bonds. The number of carboxylic acid groups (broad SMARTS) is 1. The molecule has 2 N–H and O–H groups in total. The van der Waals surface area contributed by atoms with Crippen LogP contribution in [0.3, 0.4) is 0 Å². The lowest BCUT2D eigenvalue weighted by atomic mass is 9.82. The molecule has 0 bridgehead atoms. The number of benzene rings is 1. The second kappa shape index (κ2) is 10.6. The molecule has 0 saturated carbocycles. The van der Waals surface area contributed by atoms with Crippen LogP contribution in [-0.4, -0.2) is 34.1 Å². The number of hydrogen-bond acceptors (Lipinski definition) is 6. The van der Waals surface area contributed by atoms with Crippen molar-refractivity contribution < 1.29 is 23.1 Å². The minimum atomic E-state index is -4.55. The van der Waals surface area contributed by atoms with Crippen molar-refractivity contribution in [3.8, 4) is 11.3 Å². The highest BCUT2D eigenvalue weighted by atomic mass is 32.2. The van der Waals surface area contributed by atoms with E-state index >= 15 is 0 Å². The van der Waals surface area contributed by atoms with Gasteiger partial charge < -0.3 is 14.7 Å². The number of alkyl halides is 3. The van der Waals surface area contributed by atoms with Crippen LogP contribution in [0.4, 0.5) is 24.8 Å². The minimum Gasteiger partial charge on any atom is -0.481 e. The van der Waals surface area contributed by atoms with Crippen molar-refractivity contribution in [3.63, 3.8) is 0 Å². The third-order valence-corrected chi connectivity index (χ3v) is 7.29. The molecule has 1 aliphatic heterocycles. The fraction of sp³-hybridized carbons (Fsp3) is 0.370. The summed E-state index contributed by atoms with van der Waals surface area (Å²) in [4.78, 5) is 22.7. The van der Waals surface area contributed by atoms with Gasteiger partial charge in [0.05, 0.1) is 16.7 Å². The average Bonchev–Trinajstić information content (AvgIpc) is 2.87. The first-order valence-electron chi connectivity index (χ1n) is 12.0. The van der Waals surface area contributed by atoms with Crippen LogP contribution >= 0.6 is 11.9 Å². The molecule has 37 heavy (non-hydrogen) atoms. The van der Waals surface area contributed by atoms with Crippen LogP contribution in [0.25, 0.3) is 11.3 Å².